The van der Waals surface area contributed by atoms with Gasteiger partial charge in [-0.2, -0.15) is 5.10 Å². The summed E-state index contributed by atoms with van der Waals surface area (Å²) in [4.78, 5) is 0. The van der Waals surface area contributed by atoms with Crippen LogP contribution in [0.15, 0.2) is 6.20 Å². The van der Waals surface area contributed by atoms with Crippen molar-refractivity contribution in [3.05, 3.63) is 17.5 Å². The monoisotopic (exact) mass is 153 g/mol. The van der Waals surface area contributed by atoms with Crippen LogP contribution in [0.1, 0.15) is 17.7 Å². The Hall–Kier alpha value is -0.830. The van der Waals surface area contributed by atoms with Crippen molar-refractivity contribution >= 4 is 0 Å². The van der Waals surface area contributed by atoms with Gasteiger partial charge in [-0.3, -0.25) is 4.68 Å². The molecule has 1 aromatic heterocycles. The zero-order valence-corrected chi connectivity index (χ0v) is 7.17. The van der Waals surface area contributed by atoms with Crippen molar-refractivity contribution < 1.29 is 0 Å². The minimum absolute atomic E-state index is 0.734. The van der Waals surface area contributed by atoms with Crippen molar-refractivity contribution in [1.29, 1.82) is 0 Å². The molecule has 0 aromatic carbocycles. The molecule has 0 aliphatic carbocycles. The predicted molar refractivity (Wildman–Crippen MR) is 45.4 cm³/mol. The van der Waals surface area contributed by atoms with Crippen LogP contribution < -0.4 is 5.73 Å². The Balaban J connectivity index is 2.63. The Morgan fingerprint density at radius 1 is 1.55 bits per heavy atom. The summed E-state index contributed by atoms with van der Waals surface area (Å²) >= 11 is 0. The number of nitrogens with two attached hydrogens (primary N) is 1. The quantitative estimate of drug-likeness (QED) is 0.699. The molecule has 3 heteroatoms. The molecule has 0 spiro atoms. The third-order valence-corrected chi connectivity index (χ3v) is 1.92. The molecule has 0 amide bonds. The standard InChI is InChI=1S/C8H15N3/c1-7-6-10-11(8(7)2)5-3-4-9/h6H,3-5,9H2,1-2H3. The second-order valence-corrected chi connectivity index (χ2v) is 2.78. The van der Waals surface area contributed by atoms with E-state index in [0.29, 0.717) is 0 Å². The van der Waals surface area contributed by atoms with Crippen molar-refractivity contribution in [1.82, 2.24) is 9.78 Å². The number of nitrogens with zero attached hydrogens (tertiary/aromatic N) is 2. The highest BCUT2D eigenvalue weighted by molar-refractivity contribution is 5.12. The fourth-order valence-corrected chi connectivity index (χ4v) is 1.01. The van der Waals surface area contributed by atoms with E-state index in [9.17, 15) is 0 Å². The summed E-state index contributed by atoms with van der Waals surface area (Å²) in [5.41, 5.74) is 7.89. The molecule has 11 heavy (non-hydrogen) atoms. The van der Waals surface area contributed by atoms with E-state index in [4.69, 9.17) is 5.73 Å². The van der Waals surface area contributed by atoms with Gasteiger partial charge in [0.25, 0.3) is 0 Å². The van der Waals surface area contributed by atoms with Gasteiger partial charge in [-0.15, -0.1) is 0 Å². The molecule has 0 aliphatic heterocycles. The Morgan fingerprint density at radius 3 is 2.73 bits per heavy atom. The van der Waals surface area contributed by atoms with Crippen LogP contribution in [0, 0.1) is 13.8 Å². The van der Waals surface area contributed by atoms with Crippen LogP contribution in [0.25, 0.3) is 0 Å². The Morgan fingerprint density at radius 2 is 2.27 bits per heavy atom. The molecule has 0 aliphatic rings. The lowest BCUT2D eigenvalue weighted by Gasteiger charge is -2.01. The zero-order chi connectivity index (χ0) is 8.27. The molecule has 62 valence electrons. The van der Waals surface area contributed by atoms with E-state index in [-0.39, 0.29) is 0 Å². The lowest BCUT2D eigenvalue weighted by molar-refractivity contribution is 0.570. The molecule has 0 fully saturated rings. The maximum atomic E-state index is 5.39. The SMILES string of the molecule is Cc1cnn(CCCN)c1C. The molecule has 1 heterocycles. The average Bonchev–Trinajstić information content (AvgIpc) is 2.31. The second-order valence-electron chi connectivity index (χ2n) is 2.78. The van der Waals surface area contributed by atoms with Crippen LogP contribution in [0.3, 0.4) is 0 Å². The van der Waals surface area contributed by atoms with Crippen LogP contribution in [-0.2, 0) is 6.54 Å². The summed E-state index contributed by atoms with van der Waals surface area (Å²) in [5.74, 6) is 0. The lowest BCUT2D eigenvalue weighted by atomic mass is 10.3. The van der Waals surface area contributed by atoms with Crippen molar-refractivity contribution in [2.75, 3.05) is 6.54 Å². The van der Waals surface area contributed by atoms with Gasteiger partial charge in [-0.25, -0.2) is 0 Å². The summed E-state index contributed by atoms with van der Waals surface area (Å²) in [6.07, 6.45) is 2.90. The van der Waals surface area contributed by atoms with Crippen molar-refractivity contribution in [3.63, 3.8) is 0 Å². The highest BCUT2D eigenvalue weighted by Gasteiger charge is 1.99. The first kappa shape index (κ1) is 8.27. The Kier molecular flexibility index (Phi) is 2.65. The largest absolute Gasteiger partial charge is 0.330 e. The third-order valence-electron chi connectivity index (χ3n) is 1.92. The van der Waals surface area contributed by atoms with Gasteiger partial charge in [0.1, 0.15) is 0 Å². The molecule has 0 unspecified atom stereocenters. The summed E-state index contributed by atoms with van der Waals surface area (Å²) in [6.45, 7) is 5.83. The Labute approximate surface area is 67.2 Å². The number of aryl methyl sites for hydroxylation is 2. The molecule has 3 nitrogen and oxygen atoms in total. The first-order valence-electron chi connectivity index (χ1n) is 3.94. The number of hydrogen-bond donors (Lipinski definition) is 1. The third kappa shape index (κ3) is 1.80. The number of hydrogen-bond acceptors (Lipinski definition) is 2. The highest BCUT2D eigenvalue weighted by Crippen LogP contribution is 2.04. The van der Waals surface area contributed by atoms with Crippen LogP contribution in [0.2, 0.25) is 0 Å². The molecule has 0 bridgehead atoms. The van der Waals surface area contributed by atoms with E-state index >= 15 is 0 Å². The number of aromatic nitrogens is 2. The number of rotatable bonds is 3. The molecule has 0 saturated heterocycles. The topological polar surface area (TPSA) is 43.8 Å². The fourth-order valence-electron chi connectivity index (χ4n) is 1.01. The molecule has 0 saturated carbocycles. The molecule has 0 atom stereocenters. The normalized spacial score (nSPS) is 10.5. The second kappa shape index (κ2) is 3.53. The van der Waals surface area contributed by atoms with Crippen molar-refractivity contribution in [2.24, 2.45) is 5.73 Å². The fraction of sp³-hybridized carbons (Fsp3) is 0.625. The van der Waals surface area contributed by atoms with Gasteiger partial charge in [0.15, 0.2) is 0 Å². The first-order valence-corrected chi connectivity index (χ1v) is 3.94. The van der Waals surface area contributed by atoms with Gasteiger partial charge in [0, 0.05) is 12.2 Å². The molecular weight excluding hydrogens is 138 g/mol. The smallest absolute Gasteiger partial charge is 0.0521 e. The summed E-state index contributed by atoms with van der Waals surface area (Å²) in [7, 11) is 0. The van der Waals surface area contributed by atoms with Gasteiger partial charge in [-0.1, -0.05) is 0 Å². The molecular formula is C8H15N3. The van der Waals surface area contributed by atoms with Crippen molar-refractivity contribution in [2.45, 2.75) is 26.8 Å². The van der Waals surface area contributed by atoms with E-state index in [2.05, 4.69) is 18.9 Å². The van der Waals surface area contributed by atoms with Crippen LogP contribution in [0.4, 0.5) is 0 Å². The van der Waals surface area contributed by atoms with Crippen LogP contribution >= 0.6 is 0 Å². The minimum atomic E-state index is 0.734. The van der Waals surface area contributed by atoms with Gasteiger partial charge in [0.05, 0.1) is 6.20 Å². The molecule has 1 aromatic rings. The zero-order valence-electron chi connectivity index (χ0n) is 7.17. The van der Waals surface area contributed by atoms with E-state index < -0.39 is 0 Å². The van der Waals surface area contributed by atoms with Crippen molar-refractivity contribution in [3.8, 4) is 0 Å². The maximum absolute atomic E-state index is 5.39. The van der Waals surface area contributed by atoms with E-state index in [1.807, 2.05) is 10.9 Å². The molecule has 1 rings (SSSR count). The predicted octanol–water partition coefficient (Wildman–Crippen LogP) is 0.849. The molecule has 2 N–H and O–H groups in total. The highest BCUT2D eigenvalue weighted by atomic mass is 15.3. The van der Waals surface area contributed by atoms with Gasteiger partial charge in [0.2, 0.25) is 0 Å². The van der Waals surface area contributed by atoms with Crippen LogP contribution in [0.5, 0.6) is 0 Å². The summed E-state index contributed by atoms with van der Waals surface area (Å²) in [5, 5.41) is 4.21. The molecule has 0 radical (unpaired) electrons. The van der Waals surface area contributed by atoms with Gasteiger partial charge in [-0.05, 0) is 32.4 Å². The first-order chi connectivity index (χ1) is 5.25. The summed E-state index contributed by atoms with van der Waals surface area (Å²) in [6, 6.07) is 0. The van der Waals surface area contributed by atoms with E-state index in [0.717, 1.165) is 19.5 Å². The van der Waals surface area contributed by atoms with E-state index in [1.54, 1.807) is 0 Å². The van der Waals surface area contributed by atoms with Crippen LogP contribution in [-0.4, -0.2) is 16.3 Å². The van der Waals surface area contributed by atoms with E-state index in [1.165, 1.54) is 11.3 Å². The summed E-state index contributed by atoms with van der Waals surface area (Å²) < 4.78 is 2.00. The Bertz CT molecular complexity index is 227. The minimum Gasteiger partial charge on any atom is -0.330 e. The maximum Gasteiger partial charge on any atom is 0.0521 e. The lowest BCUT2D eigenvalue weighted by Crippen LogP contribution is -2.08. The van der Waals surface area contributed by atoms with Gasteiger partial charge < -0.3 is 5.73 Å². The average molecular weight is 153 g/mol. The van der Waals surface area contributed by atoms with Gasteiger partial charge >= 0.3 is 0 Å².